The van der Waals surface area contributed by atoms with E-state index in [0.717, 1.165) is 25.5 Å². The van der Waals surface area contributed by atoms with Gasteiger partial charge in [-0.2, -0.15) is 0 Å². The normalized spacial score (nSPS) is 24.6. The van der Waals surface area contributed by atoms with E-state index in [1.165, 1.54) is 38.5 Å². The number of aryl methyl sites for hydroxylation is 1. The molecular weight excluding hydrogens is 240 g/mol. The molecule has 1 unspecified atom stereocenters. The molecule has 1 aromatic rings. The number of rotatable bonds is 5. The lowest BCUT2D eigenvalue weighted by Crippen LogP contribution is -2.39. The Labute approximate surface area is 114 Å². The molecule has 1 aliphatic carbocycles. The van der Waals surface area contributed by atoms with Gasteiger partial charge >= 0.3 is 0 Å². The SMILES string of the molecule is Cn1cnnc1CN(CC1CCCO1)C1CCCC1. The highest BCUT2D eigenvalue weighted by molar-refractivity contribution is 4.89. The summed E-state index contributed by atoms with van der Waals surface area (Å²) in [4.78, 5) is 2.58. The predicted molar refractivity (Wildman–Crippen MR) is 72.6 cm³/mol. The molecule has 2 heterocycles. The molecule has 5 heteroatoms. The summed E-state index contributed by atoms with van der Waals surface area (Å²) in [5.41, 5.74) is 0. The molecule has 1 saturated carbocycles. The average molecular weight is 264 g/mol. The molecule has 1 saturated heterocycles. The zero-order valence-corrected chi connectivity index (χ0v) is 11.8. The summed E-state index contributed by atoms with van der Waals surface area (Å²) >= 11 is 0. The first-order chi connectivity index (χ1) is 9.33. The van der Waals surface area contributed by atoms with Crippen molar-refractivity contribution in [2.45, 2.75) is 57.2 Å². The lowest BCUT2D eigenvalue weighted by Gasteiger charge is -2.30. The van der Waals surface area contributed by atoms with E-state index in [4.69, 9.17) is 4.74 Å². The first-order valence-corrected chi connectivity index (χ1v) is 7.51. The summed E-state index contributed by atoms with van der Waals surface area (Å²) in [5, 5.41) is 8.22. The van der Waals surface area contributed by atoms with Gasteiger partial charge in [-0.1, -0.05) is 12.8 Å². The van der Waals surface area contributed by atoms with E-state index in [9.17, 15) is 0 Å². The smallest absolute Gasteiger partial charge is 0.146 e. The summed E-state index contributed by atoms with van der Waals surface area (Å²) in [6, 6.07) is 0.709. The number of nitrogens with zero attached hydrogens (tertiary/aromatic N) is 4. The molecule has 3 rings (SSSR count). The number of aromatic nitrogens is 3. The standard InChI is InChI=1S/C14H24N4O/c1-17-11-15-16-14(17)10-18(12-5-2-3-6-12)9-13-7-4-8-19-13/h11-13H,2-10H2,1H3. The molecule has 1 atom stereocenters. The monoisotopic (exact) mass is 264 g/mol. The van der Waals surface area contributed by atoms with Crippen LogP contribution in [0.3, 0.4) is 0 Å². The van der Waals surface area contributed by atoms with Crippen molar-refractivity contribution in [2.24, 2.45) is 7.05 Å². The van der Waals surface area contributed by atoms with E-state index < -0.39 is 0 Å². The molecular formula is C14H24N4O. The van der Waals surface area contributed by atoms with Crippen LogP contribution in [0, 0.1) is 0 Å². The van der Waals surface area contributed by atoms with Crippen molar-refractivity contribution < 1.29 is 4.74 Å². The fraction of sp³-hybridized carbons (Fsp3) is 0.857. The van der Waals surface area contributed by atoms with Gasteiger partial charge in [-0.05, 0) is 25.7 Å². The van der Waals surface area contributed by atoms with Crippen molar-refractivity contribution in [1.29, 1.82) is 0 Å². The average Bonchev–Trinajstić information content (AvgIpc) is 3.11. The van der Waals surface area contributed by atoms with Crippen LogP contribution in [0.25, 0.3) is 0 Å². The highest BCUT2D eigenvalue weighted by Gasteiger charge is 2.27. The van der Waals surface area contributed by atoms with Gasteiger partial charge in [-0.3, -0.25) is 4.90 Å². The fourth-order valence-electron chi connectivity index (χ4n) is 3.29. The second kappa shape index (κ2) is 6.01. The van der Waals surface area contributed by atoms with Crippen LogP contribution in [0.1, 0.15) is 44.3 Å². The summed E-state index contributed by atoms with van der Waals surface area (Å²) < 4.78 is 7.83. The second-order valence-corrected chi connectivity index (χ2v) is 5.86. The number of ether oxygens (including phenoxy) is 1. The molecule has 5 nitrogen and oxygen atoms in total. The van der Waals surface area contributed by atoms with E-state index in [0.29, 0.717) is 12.1 Å². The molecule has 0 spiro atoms. The van der Waals surface area contributed by atoms with Gasteiger partial charge in [0.05, 0.1) is 12.6 Å². The Bertz CT molecular complexity index is 394. The van der Waals surface area contributed by atoms with Crippen LogP contribution in [-0.4, -0.2) is 45.0 Å². The van der Waals surface area contributed by atoms with Crippen LogP contribution in [-0.2, 0) is 18.3 Å². The Hall–Kier alpha value is -0.940. The molecule has 0 bridgehead atoms. The van der Waals surface area contributed by atoms with Crippen molar-refractivity contribution in [3.05, 3.63) is 12.2 Å². The van der Waals surface area contributed by atoms with Crippen molar-refractivity contribution in [3.8, 4) is 0 Å². The topological polar surface area (TPSA) is 43.2 Å². The predicted octanol–water partition coefficient (Wildman–Crippen LogP) is 1.74. The first kappa shape index (κ1) is 13.1. The lowest BCUT2D eigenvalue weighted by atomic mass is 10.1. The van der Waals surface area contributed by atoms with Gasteiger partial charge in [-0.15, -0.1) is 10.2 Å². The summed E-state index contributed by atoms with van der Waals surface area (Å²) in [7, 11) is 2.02. The molecule has 2 aliphatic rings. The van der Waals surface area contributed by atoms with E-state index >= 15 is 0 Å². The highest BCUT2D eigenvalue weighted by Crippen LogP contribution is 2.26. The van der Waals surface area contributed by atoms with Crippen LogP contribution >= 0.6 is 0 Å². The Morgan fingerprint density at radius 3 is 2.79 bits per heavy atom. The van der Waals surface area contributed by atoms with Crippen molar-refractivity contribution in [1.82, 2.24) is 19.7 Å². The Kier molecular flexibility index (Phi) is 4.13. The van der Waals surface area contributed by atoms with E-state index in [1.54, 1.807) is 6.33 Å². The van der Waals surface area contributed by atoms with Crippen LogP contribution in [0.4, 0.5) is 0 Å². The molecule has 106 valence electrons. The zero-order valence-electron chi connectivity index (χ0n) is 11.8. The molecule has 0 radical (unpaired) electrons. The molecule has 1 aliphatic heterocycles. The van der Waals surface area contributed by atoms with Crippen molar-refractivity contribution in [2.75, 3.05) is 13.2 Å². The second-order valence-electron chi connectivity index (χ2n) is 5.86. The molecule has 0 amide bonds. The fourth-order valence-corrected chi connectivity index (χ4v) is 3.29. The van der Waals surface area contributed by atoms with Crippen molar-refractivity contribution >= 4 is 0 Å². The minimum atomic E-state index is 0.425. The Balaban J connectivity index is 1.66. The maximum absolute atomic E-state index is 5.81. The van der Waals surface area contributed by atoms with Crippen LogP contribution < -0.4 is 0 Å². The maximum Gasteiger partial charge on any atom is 0.146 e. The van der Waals surface area contributed by atoms with Crippen LogP contribution in [0.5, 0.6) is 0 Å². The molecule has 0 aromatic carbocycles. The third kappa shape index (κ3) is 3.15. The Morgan fingerprint density at radius 1 is 1.32 bits per heavy atom. The van der Waals surface area contributed by atoms with Crippen LogP contribution in [0.2, 0.25) is 0 Å². The summed E-state index contributed by atoms with van der Waals surface area (Å²) in [6.45, 7) is 2.89. The molecule has 1 aromatic heterocycles. The first-order valence-electron chi connectivity index (χ1n) is 7.51. The van der Waals surface area contributed by atoms with Crippen LogP contribution in [0.15, 0.2) is 6.33 Å². The van der Waals surface area contributed by atoms with Gasteiger partial charge in [0, 0.05) is 26.2 Å². The van der Waals surface area contributed by atoms with E-state index in [-0.39, 0.29) is 0 Å². The summed E-state index contributed by atoms with van der Waals surface area (Å²) in [6.07, 6.45) is 10.0. The minimum Gasteiger partial charge on any atom is -0.377 e. The van der Waals surface area contributed by atoms with E-state index in [1.807, 2.05) is 11.6 Å². The lowest BCUT2D eigenvalue weighted by molar-refractivity contribution is 0.0526. The molecule has 19 heavy (non-hydrogen) atoms. The van der Waals surface area contributed by atoms with Gasteiger partial charge in [-0.25, -0.2) is 0 Å². The van der Waals surface area contributed by atoms with Gasteiger partial charge in [0.1, 0.15) is 12.2 Å². The Morgan fingerprint density at radius 2 is 2.16 bits per heavy atom. The molecule has 0 N–H and O–H groups in total. The van der Waals surface area contributed by atoms with Gasteiger partial charge in [0.15, 0.2) is 0 Å². The molecule has 2 fully saturated rings. The van der Waals surface area contributed by atoms with Gasteiger partial charge in [0.25, 0.3) is 0 Å². The third-order valence-electron chi connectivity index (χ3n) is 4.45. The number of hydrogen-bond acceptors (Lipinski definition) is 4. The van der Waals surface area contributed by atoms with Gasteiger partial charge < -0.3 is 9.30 Å². The number of hydrogen-bond donors (Lipinski definition) is 0. The highest BCUT2D eigenvalue weighted by atomic mass is 16.5. The van der Waals surface area contributed by atoms with Gasteiger partial charge in [0.2, 0.25) is 0 Å². The minimum absolute atomic E-state index is 0.425. The zero-order chi connectivity index (χ0) is 13.1. The van der Waals surface area contributed by atoms with E-state index in [2.05, 4.69) is 15.1 Å². The van der Waals surface area contributed by atoms with Crippen molar-refractivity contribution in [3.63, 3.8) is 0 Å². The quantitative estimate of drug-likeness (QED) is 0.812. The third-order valence-corrected chi connectivity index (χ3v) is 4.45. The summed E-state index contributed by atoms with van der Waals surface area (Å²) in [5.74, 6) is 1.06. The largest absolute Gasteiger partial charge is 0.377 e. The maximum atomic E-state index is 5.81.